The van der Waals surface area contributed by atoms with Crippen molar-refractivity contribution in [2.75, 3.05) is 11.6 Å². The number of benzene rings is 2. The predicted octanol–water partition coefficient (Wildman–Crippen LogP) is 3.96. The van der Waals surface area contributed by atoms with Crippen LogP contribution in [0.3, 0.4) is 0 Å². The van der Waals surface area contributed by atoms with Gasteiger partial charge in [0.2, 0.25) is 11.8 Å². The van der Waals surface area contributed by atoms with Crippen molar-refractivity contribution in [3.8, 4) is 0 Å². The van der Waals surface area contributed by atoms with Gasteiger partial charge in [0.15, 0.2) is 0 Å². The molecule has 0 unspecified atom stereocenters. The first-order chi connectivity index (χ1) is 15.5. The first kappa shape index (κ1) is 19.5. The van der Waals surface area contributed by atoms with Gasteiger partial charge >= 0.3 is 0 Å². The molecule has 6 atom stereocenters. The Kier molecular flexibility index (Phi) is 4.19. The highest BCUT2D eigenvalue weighted by molar-refractivity contribution is 6.10. The van der Waals surface area contributed by atoms with Crippen molar-refractivity contribution in [1.29, 1.82) is 0 Å². The third-order valence-electron chi connectivity index (χ3n) is 7.95. The zero-order valence-electron chi connectivity index (χ0n) is 18.3. The summed E-state index contributed by atoms with van der Waals surface area (Å²) in [7, 11) is 0. The van der Waals surface area contributed by atoms with Crippen molar-refractivity contribution < 1.29 is 14.4 Å². The smallest absolute Gasteiger partial charge is 0.259 e. The number of hydrogen-bond donors (Lipinski definition) is 0. The van der Waals surface area contributed by atoms with E-state index in [4.69, 9.17) is 0 Å². The summed E-state index contributed by atoms with van der Waals surface area (Å²) in [6.45, 7) is 3.92. The number of likely N-dealkylation sites (tertiary alicyclic amines) is 1. The lowest BCUT2D eigenvalue weighted by atomic mass is 9.63. The maximum atomic E-state index is 13.6. The second-order valence-electron chi connectivity index (χ2n) is 9.79. The van der Waals surface area contributed by atoms with E-state index in [-0.39, 0.29) is 48.1 Å². The molecule has 5 heteroatoms. The van der Waals surface area contributed by atoms with Gasteiger partial charge in [-0.1, -0.05) is 48.0 Å². The third-order valence-corrected chi connectivity index (χ3v) is 7.95. The van der Waals surface area contributed by atoms with E-state index in [2.05, 4.69) is 12.2 Å². The lowest BCUT2D eigenvalue weighted by molar-refractivity contribution is -0.140. The van der Waals surface area contributed by atoms with Gasteiger partial charge in [-0.25, -0.2) is 0 Å². The van der Waals surface area contributed by atoms with E-state index in [1.807, 2.05) is 50.2 Å². The average Bonchev–Trinajstić information content (AvgIpc) is 3.58. The van der Waals surface area contributed by atoms with Crippen molar-refractivity contribution >= 4 is 23.4 Å². The summed E-state index contributed by atoms with van der Waals surface area (Å²) in [6, 6.07) is 14.9. The summed E-state index contributed by atoms with van der Waals surface area (Å²) in [6.07, 6.45) is 5.48. The fourth-order valence-electron chi connectivity index (χ4n) is 6.39. The van der Waals surface area contributed by atoms with Gasteiger partial charge < -0.3 is 0 Å². The first-order valence-electron chi connectivity index (χ1n) is 11.4. The minimum Gasteiger partial charge on any atom is -0.289 e. The molecular formula is C27H26N2O3. The van der Waals surface area contributed by atoms with Crippen LogP contribution in [0.5, 0.6) is 0 Å². The molecule has 2 bridgehead atoms. The summed E-state index contributed by atoms with van der Waals surface area (Å²) in [5, 5.41) is 0. The Balaban J connectivity index is 1.36. The quantitative estimate of drug-likeness (QED) is 0.549. The number of aryl methyl sites for hydroxylation is 2. The number of carbonyl (C=O) groups is 3. The van der Waals surface area contributed by atoms with E-state index < -0.39 is 0 Å². The Morgan fingerprint density at radius 1 is 0.938 bits per heavy atom. The molecule has 4 aliphatic carbocycles. The maximum Gasteiger partial charge on any atom is 0.259 e. The van der Waals surface area contributed by atoms with Crippen LogP contribution in [0.1, 0.15) is 27.9 Å². The largest absolute Gasteiger partial charge is 0.289 e. The van der Waals surface area contributed by atoms with Crippen LogP contribution in [0.4, 0.5) is 5.69 Å². The molecular weight excluding hydrogens is 400 g/mol. The van der Waals surface area contributed by atoms with Crippen molar-refractivity contribution in [1.82, 2.24) is 4.90 Å². The Morgan fingerprint density at radius 2 is 1.56 bits per heavy atom. The van der Waals surface area contributed by atoms with Gasteiger partial charge in [0.1, 0.15) is 6.67 Å². The van der Waals surface area contributed by atoms with E-state index in [0.717, 1.165) is 23.2 Å². The topological polar surface area (TPSA) is 57.7 Å². The average molecular weight is 427 g/mol. The van der Waals surface area contributed by atoms with Gasteiger partial charge in [-0.2, -0.15) is 0 Å². The maximum absolute atomic E-state index is 13.6. The summed E-state index contributed by atoms with van der Waals surface area (Å²) >= 11 is 0. The molecule has 1 aliphatic heterocycles. The molecule has 0 spiro atoms. The Morgan fingerprint density at radius 3 is 2.16 bits per heavy atom. The highest BCUT2D eigenvalue weighted by Gasteiger charge is 2.67. The van der Waals surface area contributed by atoms with Crippen LogP contribution in [-0.2, 0) is 9.59 Å². The zero-order valence-corrected chi connectivity index (χ0v) is 18.3. The SMILES string of the molecule is Cc1ccc(N(CN2C(=O)[C@@H]3[C@H]4C=C[C@@H]([C@@H]5C[C@H]45)[C@@H]3C2=O)C(=O)c2ccccc2)c(C)c1. The summed E-state index contributed by atoms with van der Waals surface area (Å²) < 4.78 is 0. The highest BCUT2D eigenvalue weighted by Crippen LogP contribution is 2.65. The number of hydrogen-bond acceptors (Lipinski definition) is 3. The molecule has 1 heterocycles. The van der Waals surface area contributed by atoms with Gasteiger partial charge in [0, 0.05) is 11.3 Å². The molecule has 0 aromatic heterocycles. The van der Waals surface area contributed by atoms with Crippen LogP contribution in [0.25, 0.3) is 0 Å². The monoisotopic (exact) mass is 426 g/mol. The van der Waals surface area contributed by atoms with Gasteiger partial charge in [-0.3, -0.25) is 24.2 Å². The van der Waals surface area contributed by atoms with Crippen LogP contribution in [0, 0.1) is 49.4 Å². The lowest BCUT2D eigenvalue weighted by Crippen LogP contribution is -2.45. The van der Waals surface area contributed by atoms with Crippen molar-refractivity contribution in [3.05, 3.63) is 77.4 Å². The molecule has 2 aromatic carbocycles. The van der Waals surface area contributed by atoms with E-state index in [9.17, 15) is 14.4 Å². The first-order valence-corrected chi connectivity index (χ1v) is 11.4. The Hall–Kier alpha value is -3.21. The molecule has 2 saturated carbocycles. The second kappa shape index (κ2) is 6.89. The molecule has 3 fully saturated rings. The van der Waals surface area contributed by atoms with Gasteiger partial charge in [0.25, 0.3) is 5.91 Å². The van der Waals surface area contributed by atoms with Crippen LogP contribution in [0.2, 0.25) is 0 Å². The van der Waals surface area contributed by atoms with E-state index in [1.165, 1.54) is 4.90 Å². The number of allylic oxidation sites excluding steroid dienone is 2. The summed E-state index contributed by atoms with van der Waals surface area (Å²) in [5.41, 5.74) is 3.30. The molecule has 0 N–H and O–H groups in total. The lowest BCUT2D eigenvalue weighted by Gasteiger charge is -2.37. The van der Waals surface area contributed by atoms with Crippen LogP contribution >= 0.6 is 0 Å². The van der Waals surface area contributed by atoms with E-state index in [0.29, 0.717) is 17.4 Å². The second-order valence-corrected chi connectivity index (χ2v) is 9.79. The number of nitrogens with zero attached hydrogens (tertiary/aromatic N) is 2. The van der Waals surface area contributed by atoms with Crippen LogP contribution in [-0.4, -0.2) is 29.3 Å². The minimum absolute atomic E-state index is 0.0446. The third kappa shape index (κ3) is 2.73. The van der Waals surface area contributed by atoms with Crippen LogP contribution < -0.4 is 4.90 Å². The van der Waals surface area contributed by atoms with Crippen LogP contribution in [0.15, 0.2) is 60.7 Å². The normalized spacial score (nSPS) is 31.5. The van der Waals surface area contributed by atoms with Crippen molar-refractivity contribution in [3.63, 3.8) is 0 Å². The number of anilines is 1. The zero-order chi connectivity index (χ0) is 22.1. The molecule has 0 radical (unpaired) electrons. The molecule has 7 rings (SSSR count). The standard InChI is InChI=1S/C27H26N2O3/c1-15-8-11-22(16(2)12-15)28(25(30)17-6-4-3-5-7-17)14-29-26(31)23-18-9-10-19(21-13-20(18)21)24(23)27(29)32/h3-12,18-21,23-24H,13-14H2,1-2H3/t18-,19-,20-,21+,23-,24+/m0/s1. The molecule has 5 aliphatic rings. The molecule has 32 heavy (non-hydrogen) atoms. The summed E-state index contributed by atoms with van der Waals surface area (Å²) in [5.74, 6) is 0.529. The van der Waals surface area contributed by atoms with Gasteiger partial charge in [-0.05, 0) is 67.7 Å². The number of carbonyl (C=O) groups excluding carboxylic acids is 3. The molecule has 162 valence electrons. The van der Waals surface area contributed by atoms with Gasteiger partial charge in [-0.15, -0.1) is 0 Å². The number of amides is 3. The molecule has 3 amide bonds. The fourth-order valence-corrected chi connectivity index (χ4v) is 6.39. The fraction of sp³-hybridized carbons (Fsp3) is 0.370. The van der Waals surface area contributed by atoms with Crippen molar-refractivity contribution in [2.45, 2.75) is 20.3 Å². The minimum atomic E-state index is -0.256. The Bertz CT molecular complexity index is 1130. The van der Waals surface area contributed by atoms with Gasteiger partial charge in [0.05, 0.1) is 11.8 Å². The highest BCUT2D eigenvalue weighted by atomic mass is 16.2. The molecule has 5 nitrogen and oxygen atoms in total. The van der Waals surface area contributed by atoms with E-state index in [1.54, 1.807) is 17.0 Å². The van der Waals surface area contributed by atoms with Crippen molar-refractivity contribution in [2.24, 2.45) is 35.5 Å². The molecule has 2 aromatic rings. The van der Waals surface area contributed by atoms with E-state index >= 15 is 0 Å². The molecule has 1 saturated heterocycles. The number of rotatable bonds is 4. The number of imide groups is 1. The Labute approximate surface area is 187 Å². The summed E-state index contributed by atoms with van der Waals surface area (Å²) in [4.78, 5) is 43.5. The predicted molar refractivity (Wildman–Crippen MR) is 121 cm³/mol.